The summed E-state index contributed by atoms with van der Waals surface area (Å²) >= 11 is 0. The minimum absolute atomic E-state index is 0.207. The summed E-state index contributed by atoms with van der Waals surface area (Å²) in [5.74, 6) is 7.21. The average molecular weight is 250 g/mol. The summed E-state index contributed by atoms with van der Waals surface area (Å²) in [6.45, 7) is 4.66. The molecule has 0 spiro atoms. The van der Waals surface area contributed by atoms with Gasteiger partial charge in [-0.1, -0.05) is 0 Å². The van der Waals surface area contributed by atoms with E-state index in [9.17, 15) is 0 Å². The van der Waals surface area contributed by atoms with Crippen molar-refractivity contribution in [1.29, 1.82) is 0 Å². The standard InChI is InChI=1S/C12H18N4O2/c1-4-16-12(10(17-3)7-14-16)11(15-13)9-5-6-18-8(9)2/h5-7,11,15H,4,13H2,1-3H3. The molecule has 18 heavy (non-hydrogen) atoms. The smallest absolute Gasteiger partial charge is 0.161 e. The molecule has 1 atom stereocenters. The van der Waals surface area contributed by atoms with E-state index in [0.29, 0.717) is 5.75 Å². The zero-order valence-corrected chi connectivity index (χ0v) is 10.8. The van der Waals surface area contributed by atoms with Crippen LogP contribution in [0.15, 0.2) is 22.9 Å². The van der Waals surface area contributed by atoms with E-state index >= 15 is 0 Å². The average Bonchev–Trinajstić information content (AvgIpc) is 2.98. The Morgan fingerprint density at radius 1 is 1.61 bits per heavy atom. The van der Waals surface area contributed by atoms with Gasteiger partial charge in [0.05, 0.1) is 25.6 Å². The van der Waals surface area contributed by atoms with Crippen LogP contribution in [0.4, 0.5) is 0 Å². The summed E-state index contributed by atoms with van der Waals surface area (Å²) in [7, 11) is 1.62. The van der Waals surface area contributed by atoms with Crippen molar-refractivity contribution in [3.05, 3.63) is 35.5 Å². The molecule has 6 nitrogen and oxygen atoms in total. The highest BCUT2D eigenvalue weighted by molar-refractivity contribution is 5.37. The lowest BCUT2D eigenvalue weighted by molar-refractivity contribution is 0.398. The molecule has 2 aromatic heterocycles. The van der Waals surface area contributed by atoms with Gasteiger partial charge in [0.25, 0.3) is 0 Å². The number of rotatable bonds is 5. The van der Waals surface area contributed by atoms with Crippen LogP contribution < -0.4 is 16.0 Å². The molecule has 0 bridgehead atoms. The monoisotopic (exact) mass is 250 g/mol. The Morgan fingerprint density at radius 3 is 2.89 bits per heavy atom. The Balaban J connectivity index is 2.50. The van der Waals surface area contributed by atoms with Crippen molar-refractivity contribution in [3.8, 4) is 5.75 Å². The predicted molar refractivity (Wildman–Crippen MR) is 67.1 cm³/mol. The quantitative estimate of drug-likeness (QED) is 0.619. The third kappa shape index (κ3) is 2.00. The van der Waals surface area contributed by atoms with E-state index in [0.717, 1.165) is 23.6 Å². The first-order valence-corrected chi connectivity index (χ1v) is 5.82. The van der Waals surface area contributed by atoms with Gasteiger partial charge < -0.3 is 9.15 Å². The first kappa shape index (κ1) is 12.7. The fourth-order valence-electron chi connectivity index (χ4n) is 2.09. The lowest BCUT2D eigenvalue weighted by Gasteiger charge is -2.18. The molecule has 0 radical (unpaired) electrons. The van der Waals surface area contributed by atoms with Crippen molar-refractivity contribution in [2.75, 3.05) is 7.11 Å². The van der Waals surface area contributed by atoms with Crippen LogP contribution in [0.5, 0.6) is 5.75 Å². The third-order valence-corrected chi connectivity index (χ3v) is 3.01. The lowest BCUT2D eigenvalue weighted by Crippen LogP contribution is -2.31. The second-order valence-electron chi connectivity index (χ2n) is 3.95. The zero-order chi connectivity index (χ0) is 13.1. The number of nitrogens with two attached hydrogens (primary N) is 1. The number of nitrogens with zero attached hydrogens (tertiary/aromatic N) is 2. The fourth-order valence-corrected chi connectivity index (χ4v) is 2.09. The molecule has 2 aromatic rings. The number of hydrogen-bond donors (Lipinski definition) is 2. The van der Waals surface area contributed by atoms with Gasteiger partial charge in [0.2, 0.25) is 0 Å². The van der Waals surface area contributed by atoms with Gasteiger partial charge in [-0.05, 0) is 19.9 Å². The van der Waals surface area contributed by atoms with Gasteiger partial charge >= 0.3 is 0 Å². The normalized spacial score (nSPS) is 12.7. The molecule has 0 aliphatic rings. The van der Waals surface area contributed by atoms with Crippen molar-refractivity contribution in [1.82, 2.24) is 15.2 Å². The summed E-state index contributed by atoms with van der Waals surface area (Å²) < 4.78 is 12.5. The first-order valence-electron chi connectivity index (χ1n) is 5.82. The first-order chi connectivity index (χ1) is 8.72. The van der Waals surface area contributed by atoms with Crippen molar-refractivity contribution in [2.45, 2.75) is 26.4 Å². The molecule has 0 saturated heterocycles. The molecule has 0 saturated carbocycles. The number of hydrazine groups is 1. The van der Waals surface area contributed by atoms with Crippen LogP contribution in [0, 0.1) is 6.92 Å². The number of hydrogen-bond acceptors (Lipinski definition) is 5. The highest BCUT2D eigenvalue weighted by Crippen LogP contribution is 2.31. The topological polar surface area (TPSA) is 78.2 Å². The Kier molecular flexibility index (Phi) is 3.69. The van der Waals surface area contributed by atoms with E-state index in [4.69, 9.17) is 15.0 Å². The van der Waals surface area contributed by atoms with Gasteiger partial charge in [-0.15, -0.1) is 0 Å². The number of aryl methyl sites for hydroxylation is 2. The van der Waals surface area contributed by atoms with E-state index in [1.54, 1.807) is 19.6 Å². The van der Waals surface area contributed by atoms with Crippen molar-refractivity contribution >= 4 is 0 Å². The minimum Gasteiger partial charge on any atom is -0.493 e. The Labute approximate surface area is 106 Å². The van der Waals surface area contributed by atoms with E-state index in [1.165, 1.54) is 0 Å². The van der Waals surface area contributed by atoms with Crippen LogP contribution in [0.25, 0.3) is 0 Å². The molecular formula is C12H18N4O2. The van der Waals surface area contributed by atoms with Crippen molar-refractivity contribution < 1.29 is 9.15 Å². The maximum absolute atomic E-state index is 5.68. The molecular weight excluding hydrogens is 232 g/mol. The summed E-state index contributed by atoms with van der Waals surface area (Å²) in [4.78, 5) is 0. The van der Waals surface area contributed by atoms with Crippen LogP contribution in [0.3, 0.4) is 0 Å². The van der Waals surface area contributed by atoms with Crippen LogP contribution in [0.1, 0.15) is 30.0 Å². The van der Waals surface area contributed by atoms with Gasteiger partial charge in [0.1, 0.15) is 11.5 Å². The number of methoxy groups -OCH3 is 1. The number of furan rings is 1. The van der Waals surface area contributed by atoms with E-state index < -0.39 is 0 Å². The molecule has 0 aliphatic carbocycles. The number of nitrogens with one attached hydrogen (secondary N) is 1. The zero-order valence-electron chi connectivity index (χ0n) is 10.8. The molecule has 0 aromatic carbocycles. The molecule has 2 rings (SSSR count). The summed E-state index contributed by atoms with van der Waals surface area (Å²) in [5.41, 5.74) is 4.67. The minimum atomic E-state index is -0.207. The molecule has 0 aliphatic heterocycles. The molecule has 0 amide bonds. The fraction of sp³-hybridized carbons (Fsp3) is 0.417. The van der Waals surface area contributed by atoms with Gasteiger partial charge in [-0.3, -0.25) is 10.5 Å². The van der Waals surface area contributed by atoms with Crippen molar-refractivity contribution in [2.24, 2.45) is 5.84 Å². The van der Waals surface area contributed by atoms with Crippen molar-refractivity contribution in [3.63, 3.8) is 0 Å². The second kappa shape index (κ2) is 5.24. The van der Waals surface area contributed by atoms with Gasteiger partial charge in [-0.25, -0.2) is 5.43 Å². The highest BCUT2D eigenvalue weighted by atomic mass is 16.5. The second-order valence-corrected chi connectivity index (χ2v) is 3.95. The lowest BCUT2D eigenvalue weighted by atomic mass is 10.0. The van der Waals surface area contributed by atoms with Crippen LogP contribution in [-0.4, -0.2) is 16.9 Å². The molecule has 98 valence electrons. The highest BCUT2D eigenvalue weighted by Gasteiger charge is 2.24. The third-order valence-electron chi connectivity index (χ3n) is 3.01. The molecule has 0 fully saturated rings. The summed E-state index contributed by atoms with van der Waals surface area (Å²) in [6.07, 6.45) is 3.34. The summed E-state index contributed by atoms with van der Waals surface area (Å²) in [6, 6.07) is 1.69. The maximum Gasteiger partial charge on any atom is 0.161 e. The molecule has 3 N–H and O–H groups in total. The van der Waals surface area contributed by atoms with Crippen LogP contribution in [0.2, 0.25) is 0 Å². The van der Waals surface area contributed by atoms with Crippen LogP contribution >= 0.6 is 0 Å². The van der Waals surface area contributed by atoms with Crippen LogP contribution in [-0.2, 0) is 6.54 Å². The number of ether oxygens (including phenoxy) is 1. The number of aromatic nitrogens is 2. The Hall–Kier alpha value is -1.79. The predicted octanol–water partition coefficient (Wildman–Crippen LogP) is 1.37. The maximum atomic E-state index is 5.68. The van der Waals surface area contributed by atoms with Gasteiger partial charge in [-0.2, -0.15) is 5.10 Å². The SMILES string of the molecule is CCn1ncc(OC)c1C(NN)c1ccoc1C. The molecule has 6 heteroatoms. The largest absolute Gasteiger partial charge is 0.493 e. The van der Waals surface area contributed by atoms with E-state index in [-0.39, 0.29) is 6.04 Å². The van der Waals surface area contributed by atoms with E-state index in [2.05, 4.69) is 10.5 Å². The van der Waals surface area contributed by atoms with Gasteiger partial charge in [0, 0.05) is 12.1 Å². The van der Waals surface area contributed by atoms with Gasteiger partial charge in [0.15, 0.2) is 5.75 Å². The Bertz CT molecular complexity index is 496. The Morgan fingerprint density at radius 2 is 2.39 bits per heavy atom. The summed E-state index contributed by atoms with van der Waals surface area (Å²) in [5, 5.41) is 4.28. The molecule has 1 unspecified atom stereocenters. The molecule has 2 heterocycles. The van der Waals surface area contributed by atoms with E-state index in [1.807, 2.05) is 24.6 Å².